The van der Waals surface area contributed by atoms with E-state index in [2.05, 4.69) is 27.4 Å². The zero-order valence-corrected chi connectivity index (χ0v) is 8.73. The van der Waals surface area contributed by atoms with Gasteiger partial charge in [-0.2, -0.15) is 5.10 Å². The normalized spacial score (nSPS) is 10.5. The number of nitrogens with one attached hydrogen (secondary N) is 2. The van der Waals surface area contributed by atoms with Gasteiger partial charge in [0.1, 0.15) is 6.33 Å². The zero-order valence-electron chi connectivity index (χ0n) is 7.92. The average molecular weight is 200 g/mol. The third-order valence-electron chi connectivity index (χ3n) is 1.63. The molecular formula is C8H16N4S. The Bertz CT molecular complexity index is 200. The number of aromatic nitrogens is 3. The minimum Gasteiger partial charge on any atom is -0.317 e. The minimum atomic E-state index is 0.920. The standard InChI is InChI=1S/C8H16N4S/c1-2-9-5-3-4-6-13-8-10-7-11-12-8/h7,9H,2-6H2,1H3,(H,10,11,12). The van der Waals surface area contributed by atoms with Gasteiger partial charge < -0.3 is 5.32 Å². The quantitative estimate of drug-likeness (QED) is 0.514. The smallest absolute Gasteiger partial charge is 0.183 e. The molecule has 13 heavy (non-hydrogen) atoms. The predicted molar refractivity (Wildman–Crippen MR) is 54.9 cm³/mol. The number of H-pyrrole nitrogens is 1. The summed E-state index contributed by atoms with van der Waals surface area (Å²) in [5.74, 6) is 1.11. The molecule has 74 valence electrons. The SMILES string of the molecule is CCNCCCCSc1ncn[nH]1. The number of thioether (sulfide) groups is 1. The van der Waals surface area contributed by atoms with Gasteiger partial charge in [-0.25, -0.2) is 4.98 Å². The molecule has 0 fully saturated rings. The Balaban J connectivity index is 1.90. The molecule has 1 rings (SSSR count). The van der Waals surface area contributed by atoms with Gasteiger partial charge in [-0.05, 0) is 25.9 Å². The first-order chi connectivity index (χ1) is 6.43. The number of rotatable bonds is 7. The summed E-state index contributed by atoms with van der Waals surface area (Å²) in [5.41, 5.74) is 0. The molecule has 0 saturated heterocycles. The second-order valence-corrected chi connectivity index (χ2v) is 3.78. The first-order valence-electron chi connectivity index (χ1n) is 4.62. The highest BCUT2D eigenvalue weighted by atomic mass is 32.2. The van der Waals surface area contributed by atoms with Crippen molar-refractivity contribution in [3.05, 3.63) is 6.33 Å². The van der Waals surface area contributed by atoms with Crippen LogP contribution in [0.5, 0.6) is 0 Å². The van der Waals surface area contributed by atoms with Crippen LogP contribution < -0.4 is 5.32 Å². The van der Waals surface area contributed by atoms with Gasteiger partial charge in [-0.15, -0.1) is 0 Å². The molecule has 1 aromatic rings. The van der Waals surface area contributed by atoms with Gasteiger partial charge in [-0.3, -0.25) is 5.10 Å². The average Bonchev–Trinajstić information content (AvgIpc) is 2.63. The summed E-state index contributed by atoms with van der Waals surface area (Å²) in [5, 5.41) is 10.8. The summed E-state index contributed by atoms with van der Waals surface area (Å²) in [4.78, 5) is 4.03. The lowest BCUT2D eigenvalue weighted by Crippen LogP contribution is -2.13. The lowest BCUT2D eigenvalue weighted by Gasteiger charge is -1.99. The third kappa shape index (κ3) is 4.90. The van der Waals surface area contributed by atoms with Crippen molar-refractivity contribution in [2.24, 2.45) is 0 Å². The van der Waals surface area contributed by atoms with E-state index < -0.39 is 0 Å². The zero-order chi connectivity index (χ0) is 9.36. The molecule has 4 nitrogen and oxygen atoms in total. The van der Waals surface area contributed by atoms with Crippen LogP contribution in [-0.4, -0.2) is 34.0 Å². The molecule has 0 atom stereocenters. The number of unbranched alkanes of at least 4 members (excludes halogenated alkanes) is 1. The van der Waals surface area contributed by atoms with Crippen LogP contribution in [0.25, 0.3) is 0 Å². The van der Waals surface area contributed by atoms with E-state index in [9.17, 15) is 0 Å². The van der Waals surface area contributed by atoms with Crippen LogP contribution in [0.2, 0.25) is 0 Å². The maximum atomic E-state index is 4.03. The fourth-order valence-corrected chi connectivity index (χ4v) is 1.74. The van der Waals surface area contributed by atoms with Crippen LogP contribution in [-0.2, 0) is 0 Å². The van der Waals surface area contributed by atoms with E-state index in [1.54, 1.807) is 18.1 Å². The van der Waals surface area contributed by atoms with Gasteiger partial charge in [0.2, 0.25) is 0 Å². The lowest BCUT2D eigenvalue weighted by molar-refractivity contribution is 0.666. The Labute approximate surface area is 82.9 Å². The summed E-state index contributed by atoms with van der Waals surface area (Å²) in [6.07, 6.45) is 3.99. The molecule has 2 N–H and O–H groups in total. The summed E-state index contributed by atoms with van der Waals surface area (Å²) in [6.45, 7) is 4.31. The van der Waals surface area contributed by atoms with Crippen molar-refractivity contribution in [2.45, 2.75) is 24.9 Å². The van der Waals surface area contributed by atoms with Crippen molar-refractivity contribution in [3.63, 3.8) is 0 Å². The number of aromatic amines is 1. The van der Waals surface area contributed by atoms with Gasteiger partial charge in [0.05, 0.1) is 0 Å². The Kier molecular flexibility index (Phi) is 5.60. The van der Waals surface area contributed by atoms with E-state index in [0.717, 1.165) is 24.0 Å². The molecule has 0 aliphatic heterocycles. The highest BCUT2D eigenvalue weighted by Crippen LogP contribution is 2.12. The van der Waals surface area contributed by atoms with E-state index in [4.69, 9.17) is 0 Å². The molecule has 1 aromatic heterocycles. The van der Waals surface area contributed by atoms with Crippen LogP contribution in [0, 0.1) is 0 Å². The number of hydrogen-bond donors (Lipinski definition) is 2. The van der Waals surface area contributed by atoms with Crippen LogP contribution in [0.3, 0.4) is 0 Å². The van der Waals surface area contributed by atoms with E-state index >= 15 is 0 Å². The van der Waals surface area contributed by atoms with E-state index in [1.165, 1.54) is 12.8 Å². The second-order valence-electron chi connectivity index (χ2n) is 2.70. The highest BCUT2D eigenvalue weighted by molar-refractivity contribution is 7.99. The Morgan fingerprint density at radius 3 is 3.15 bits per heavy atom. The molecule has 0 amide bonds. The fourth-order valence-electron chi connectivity index (χ4n) is 0.961. The summed E-state index contributed by atoms with van der Waals surface area (Å²) in [7, 11) is 0. The molecule has 0 aliphatic rings. The van der Waals surface area contributed by atoms with Gasteiger partial charge in [-0.1, -0.05) is 18.7 Å². The highest BCUT2D eigenvalue weighted by Gasteiger charge is 1.95. The molecule has 5 heteroatoms. The van der Waals surface area contributed by atoms with Crippen LogP contribution in [0.15, 0.2) is 11.5 Å². The summed E-state index contributed by atoms with van der Waals surface area (Å²) in [6, 6.07) is 0. The van der Waals surface area contributed by atoms with Gasteiger partial charge in [0.15, 0.2) is 5.16 Å². The first-order valence-corrected chi connectivity index (χ1v) is 5.61. The molecule has 0 spiro atoms. The minimum absolute atomic E-state index is 0.920. The Morgan fingerprint density at radius 1 is 1.54 bits per heavy atom. The Morgan fingerprint density at radius 2 is 2.46 bits per heavy atom. The van der Waals surface area contributed by atoms with Crippen molar-refractivity contribution in [3.8, 4) is 0 Å². The molecule has 0 radical (unpaired) electrons. The predicted octanol–water partition coefficient (Wildman–Crippen LogP) is 1.29. The van der Waals surface area contributed by atoms with Crippen LogP contribution in [0.4, 0.5) is 0 Å². The van der Waals surface area contributed by atoms with E-state index in [0.29, 0.717) is 0 Å². The molecule has 0 saturated carbocycles. The molecule has 0 aliphatic carbocycles. The fraction of sp³-hybridized carbons (Fsp3) is 0.750. The van der Waals surface area contributed by atoms with E-state index in [-0.39, 0.29) is 0 Å². The summed E-state index contributed by atoms with van der Waals surface area (Å²) >= 11 is 1.73. The molecular weight excluding hydrogens is 184 g/mol. The molecule has 0 unspecified atom stereocenters. The monoisotopic (exact) mass is 200 g/mol. The van der Waals surface area contributed by atoms with Gasteiger partial charge in [0.25, 0.3) is 0 Å². The van der Waals surface area contributed by atoms with Crippen LogP contribution >= 0.6 is 11.8 Å². The molecule has 1 heterocycles. The van der Waals surface area contributed by atoms with Crippen molar-refractivity contribution < 1.29 is 0 Å². The molecule has 0 aromatic carbocycles. The number of hydrogen-bond acceptors (Lipinski definition) is 4. The van der Waals surface area contributed by atoms with Gasteiger partial charge >= 0.3 is 0 Å². The van der Waals surface area contributed by atoms with Gasteiger partial charge in [0, 0.05) is 5.75 Å². The largest absolute Gasteiger partial charge is 0.317 e. The first kappa shape index (κ1) is 10.5. The Hall–Kier alpha value is -0.550. The topological polar surface area (TPSA) is 53.6 Å². The van der Waals surface area contributed by atoms with Crippen molar-refractivity contribution in [2.75, 3.05) is 18.8 Å². The second kappa shape index (κ2) is 6.91. The van der Waals surface area contributed by atoms with E-state index in [1.807, 2.05) is 0 Å². The maximum Gasteiger partial charge on any atom is 0.183 e. The van der Waals surface area contributed by atoms with Crippen LogP contribution in [0.1, 0.15) is 19.8 Å². The maximum absolute atomic E-state index is 4.03. The van der Waals surface area contributed by atoms with Crippen molar-refractivity contribution in [1.82, 2.24) is 20.5 Å². The lowest BCUT2D eigenvalue weighted by atomic mass is 10.3. The third-order valence-corrected chi connectivity index (χ3v) is 2.59. The summed E-state index contributed by atoms with van der Waals surface area (Å²) < 4.78 is 0. The number of nitrogens with zero attached hydrogens (tertiary/aromatic N) is 2. The molecule has 0 bridgehead atoms. The van der Waals surface area contributed by atoms with Crippen molar-refractivity contribution >= 4 is 11.8 Å². The van der Waals surface area contributed by atoms with Crippen molar-refractivity contribution in [1.29, 1.82) is 0 Å².